The lowest BCUT2D eigenvalue weighted by Gasteiger charge is -2.25. The fourth-order valence-electron chi connectivity index (χ4n) is 7.83. The van der Waals surface area contributed by atoms with Gasteiger partial charge in [0.1, 0.15) is 6.61 Å². The van der Waals surface area contributed by atoms with E-state index in [1.807, 2.05) is 27.2 Å². The number of ether oxygens (including phenoxy) is 2. The fraction of sp³-hybridized carbons (Fsp3) is 0.944. The molecule has 2 N–H and O–H groups in total. The van der Waals surface area contributed by atoms with Crippen molar-refractivity contribution in [3.63, 3.8) is 0 Å². The van der Waals surface area contributed by atoms with Crippen LogP contribution in [0.3, 0.4) is 0 Å². The van der Waals surface area contributed by atoms with Gasteiger partial charge in [0.05, 0.1) is 94.3 Å². The first-order chi connectivity index (χ1) is 33.8. The molecule has 18 heteroatoms. The standard InChI is InChI=1S/C48H94N2O8P.C6H16NO4P.ClH/c1-6-8-10-12-14-16-18-20-22-24-26-28-30-32-34-38-47(51)54-44-46(45-57-59(53,55-42-36-40-49)56-43-37-41-50(3,4)5)58-48(52)39-35-33-31-29-27-25-23-21-19-17-15-13-11-9-7-2;1-7(2,3)5-4-6-11-12(8,9)10;/h46H,6-39,41-45H2,1-5H3;4-6H2,1-3H3,(H-,8,9,10);1H/q+1;;/p+1. The molecular weight excluding hydrogens is 980 g/mol. The minimum absolute atomic E-state index is 0. The average Bonchev–Trinajstić information content (AvgIpc) is 3.29. The molecule has 2 unspecified atom stereocenters. The number of phosphoric ester groups is 2. The molecule has 0 aromatic heterocycles. The van der Waals surface area contributed by atoms with Gasteiger partial charge in [-0.25, -0.2) is 9.13 Å². The highest BCUT2D eigenvalue weighted by molar-refractivity contribution is 7.48. The quantitative estimate of drug-likeness (QED) is 0.0254. The van der Waals surface area contributed by atoms with Crippen LogP contribution in [0.25, 0.3) is 0 Å². The molecule has 0 radical (unpaired) electrons. The van der Waals surface area contributed by atoms with Gasteiger partial charge < -0.3 is 28.2 Å². The van der Waals surface area contributed by atoms with E-state index in [0.717, 1.165) is 49.7 Å². The minimum Gasteiger partial charge on any atom is -0.462 e. The molecule has 0 saturated carbocycles. The molecule has 0 heterocycles. The maximum Gasteiger partial charge on any atom is 0.474 e. The average molecular weight is 1090 g/mol. The number of nitriles is 1. The smallest absolute Gasteiger partial charge is 0.462 e. The second-order valence-electron chi connectivity index (χ2n) is 21.6. The number of rotatable bonds is 51. The number of hydrogen-bond acceptors (Lipinski definition) is 11. The number of carbonyl (C=O) groups excluding carboxylic acids is 2. The summed E-state index contributed by atoms with van der Waals surface area (Å²) in [6.07, 6.45) is 38.3. The maximum atomic E-state index is 13.5. The molecule has 0 saturated heterocycles. The van der Waals surface area contributed by atoms with Crippen LogP contribution < -0.4 is 0 Å². The van der Waals surface area contributed by atoms with E-state index in [2.05, 4.69) is 39.5 Å². The van der Waals surface area contributed by atoms with E-state index in [0.29, 0.717) is 30.2 Å². The van der Waals surface area contributed by atoms with Crippen LogP contribution in [0.15, 0.2) is 0 Å². The highest BCUT2D eigenvalue weighted by Crippen LogP contribution is 2.50. The summed E-state index contributed by atoms with van der Waals surface area (Å²) < 4.78 is 57.4. The predicted molar refractivity (Wildman–Crippen MR) is 296 cm³/mol. The summed E-state index contributed by atoms with van der Waals surface area (Å²) in [5.74, 6) is -0.760. The zero-order valence-corrected chi connectivity index (χ0v) is 50.0. The first-order valence-electron chi connectivity index (χ1n) is 28.3. The molecule has 2 atom stereocenters. The molecule has 15 nitrogen and oxygen atoms in total. The van der Waals surface area contributed by atoms with Crippen molar-refractivity contribution >= 4 is 40.0 Å². The summed E-state index contributed by atoms with van der Waals surface area (Å²) in [6, 6.07) is 1.97. The Hall–Kier alpha value is -1.14. The molecule has 0 fully saturated rings. The Bertz CT molecular complexity index is 1370. The van der Waals surface area contributed by atoms with E-state index in [1.165, 1.54) is 154 Å². The Morgan fingerprint density at radius 3 is 1.15 bits per heavy atom. The topological polar surface area (TPSA) is 188 Å². The van der Waals surface area contributed by atoms with Gasteiger partial charge in [-0.3, -0.25) is 27.7 Å². The van der Waals surface area contributed by atoms with Crippen molar-refractivity contribution in [3.8, 4) is 6.07 Å². The third kappa shape index (κ3) is 61.4. The largest absolute Gasteiger partial charge is 0.474 e. The lowest BCUT2D eigenvalue weighted by Crippen LogP contribution is -2.35. The third-order valence-electron chi connectivity index (χ3n) is 12.0. The van der Waals surface area contributed by atoms with Crippen LogP contribution in [0.4, 0.5) is 0 Å². The molecule has 0 rings (SSSR count). The SMILES string of the molecule is CCCCCCCCCCCCCCCCCC(=O)OCC(COP(=O)(OCCC#N)OCCC[N+](C)(C)C)OC(=O)CCCCCCCCCCCCCCCCC.C[N+](C)(C)CCCOP(=O)(O)O.Cl. The number of phosphoric acid groups is 2. The molecule has 430 valence electrons. The molecule has 0 aliphatic rings. The van der Waals surface area contributed by atoms with Crippen LogP contribution in [0.2, 0.25) is 0 Å². The van der Waals surface area contributed by atoms with E-state index in [-0.39, 0.29) is 64.3 Å². The van der Waals surface area contributed by atoms with Gasteiger partial charge in [-0.05, 0) is 12.8 Å². The van der Waals surface area contributed by atoms with Crippen molar-refractivity contribution in [1.82, 2.24) is 0 Å². The summed E-state index contributed by atoms with van der Waals surface area (Å²) in [7, 11) is 3.88. The Morgan fingerprint density at radius 2 is 0.806 bits per heavy atom. The second kappa shape index (κ2) is 50.7. The number of esters is 2. The minimum atomic E-state index is -4.25. The van der Waals surface area contributed by atoms with E-state index in [1.54, 1.807) is 0 Å². The highest BCUT2D eigenvalue weighted by Gasteiger charge is 2.30. The first kappa shape index (κ1) is 75.1. The van der Waals surface area contributed by atoms with E-state index in [4.69, 9.17) is 38.1 Å². The van der Waals surface area contributed by atoms with E-state index < -0.39 is 27.7 Å². The molecule has 0 aliphatic heterocycles. The van der Waals surface area contributed by atoms with Crippen molar-refractivity contribution < 1.29 is 65.0 Å². The van der Waals surface area contributed by atoms with Crippen LogP contribution >= 0.6 is 28.1 Å². The first-order valence-corrected chi connectivity index (χ1v) is 31.3. The molecule has 0 bridgehead atoms. The molecule has 0 spiro atoms. The van der Waals surface area contributed by atoms with Gasteiger partial charge in [0.25, 0.3) is 0 Å². The van der Waals surface area contributed by atoms with Crippen LogP contribution in [0, 0.1) is 11.3 Å². The Morgan fingerprint density at radius 1 is 0.472 bits per heavy atom. The Labute approximate surface area is 447 Å². The maximum absolute atomic E-state index is 13.5. The molecule has 0 aromatic carbocycles. The van der Waals surface area contributed by atoms with Crippen molar-refractivity contribution in [3.05, 3.63) is 0 Å². The molecule has 0 aliphatic carbocycles. The van der Waals surface area contributed by atoms with Crippen LogP contribution in [-0.2, 0) is 46.3 Å². The van der Waals surface area contributed by atoms with Crippen LogP contribution in [-0.4, -0.2) is 125 Å². The number of unbranched alkanes of at least 4 members (excludes halogenated alkanes) is 28. The molecule has 0 aromatic rings. The van der Waals surface area contributed by atoms with E-state index >= 15 is 0 Å². The van der Waals surface area contributed by atoms with Crippen molar-refractivity contribution in [2.45, 2.75) is 245 Å². The number of nitrogens with zero attached hydrogens (tertiary/aromatic N) is 3. The lowest BCUT2D eigenvalue weighted by molar-refractivity contribution is -0.870. The monoisotopic (exact) mass is 1090 g/mol. The van der Waals surface area contributed by atoms with Crippen LogP contribution in [0.5, 0.6) is 0 Å². The summed E-state index contributed by atoms with van der Waals surface area (Å²) in [5, 5.41) is 8.98. The van der Waals surface area contributed by atoms with Gasteiger partial charge in [-0.2, -0.15) is 5.26 Å². The van der Waals surface area contributed by atoms with E-state index in [9.17, 15) is 18.7 Å². The third-order valence-corrected chi connectivity index (χ3v) is 14.0. The van der Waals surface area contributed by atoms with Gasteiger partial charge in [0.15, 0.2) is 6.10 Å². The highest BCUT2D eigenvalue weighted by atomic mass is 35.5. The summed E-state index contributed by atoms with van der Waals surface area (Å²) >= 11 is 0. The van der Waals surface area contributed by atoms with Crippen molar-refractivity contribution in [2.75, 3.05) is 88.4 Å². The number of halogens is 1. The molecular formula is C54H112ClN3O12P2+2. The van der Waals surface area contributed by atoms with Gasteiger partial charge in [-0.1, -0.05) is 194 Å². The van der Waals surface area contributed by atoms with Crippen molar-refractivity contribution in [2.24, 2.45) is 0 Å². The summed E-state index contributed by atoms with van der Waals surface area (Å²) in [5.41, 5.74) is 0. The predicted octanol–water partition coefficient (Wildman–Crippen LogP) is 14.7. The van der Waals surface area contributed by atoms with Gasteiger partial charge in [0.2, 0.25) is 0 Å². The van der Waals surface area contributed by atoms with Gasteiger partial charge >= 0.3 is 27.6 Å². The van der Waals surface area contributed by atoms with Crippen LogP contribution in [0.1, 0.15) is 239 Å². The number of hydrogen-bond donors (Lipinski definition) is 2. The number of quaternary nitrogens is 2. The summed E-state index contributed by atoms with van der Waals surface area (Å²) in [4.78, 5) is 42.3. The van der Waals surface area contributed by atoms with Gasteiger partial charge in [0, 0.05) is 25.7 Å². The zero-order valence-electron chi connectivity index (χ0n) is 47.4. The lowest BCUT2D eigenvalue weighted by atomic mass is 10.0. The Balaban J connectivity index is -0.00000320. The zero-order chi connectivity index (χ0) is 53.4. The molecule has 0 amide bonds. The van der Waals surface area contributed by atoms with Crippen molar-refractivity contribution in [1.29, 1.82) is 5.26 Å². The van der Waals surface area contributed by atoms with Gasteiger partial charge in [-0.15, -0.1) is 12.4 Å². The Kier molecular flexibility index (Phi) is 52.8. The summed E-state index contributed by atoms with van der Waals surface area (Å²) in [6.45, 7) is 5.74. The normalized spacial score (nSPS) is 13.1. The molecule has 72 heavy (non-hydrogen) atoms. The number of carbonyl (C=O) groups is 2. The second-order valence-corrected chi connectivity index (χ2v) is 24.5. The fourth-order valence-corrected chi connectivity index (χ4v) is 9.43.